The number of hydrogen-bond acceptors (Lipinski definition) is 3. The van der Waals surface area contributed by atoms with Crippen molar-refractivity contribution in [1.29, 1.82) is 0 Å². The second-order valence-electron chi connectivity index (χ2n) is 4.48. The molecule has 0 aliphatic carbocycles. The predicted molar refractivity (Wildman–Crippen MR) is 108 cm³/mol. The number of hydrogen-bond donors (Lipinski definition) is 4. The Morgan fingerprint density at radius 1 is 0.917 bits per heavy atom. The second-order valence-corrected chi connectivity index (χ2v) is 6.14. The summed E-state index contributed by atoms with van der Waals surface area (Å²) in [6, 6.07) is 12.5. The van der Waals surface area contributed by atoms with Gasteiger partial charge in [-0.15, -0.1) is 0 Å². The van der Waals surface area contributed by atoms with Gasteiger partial charge in [-0.25, -0.2) is 0 Å². The highest BCUT2D eigenvalue weighted by atomic mass is 35.5. The first-order valence-electron chi connectivity index (χ1n) is 6.71. The van der Waals surface area contributed by atoms with Crippen molar-refractivity contribution in [3.8, 4) is 5.75 Å². The minimum atomic E-state index is 0.295. The van der Waals surface area contributed by atoms with E-state index in [9.17, 15) is 0 Å². The van der Waals surface area contributed by atoms with Crippen molar-refractivity contribution in [1.82, 2.24) is 10.9 Å². The Balaban J connectivity index is 1.86. The summed E-state index contributed by atoms with van der Waals surface area (Å²) in [6.07, 6.45) is 0. The fourth-order valence-electron chi connectivity index (χ4n) is 1.76. The number of halogens is 2. The van der Waals surface area contributed by atoms with Crippen LogP contribution in [0.1, 0.15) is 0 Å². The molecule has 0 spiro atoms. The van der Waals surface area contributed by atoms with Gasteiger partial charge in [0.15, 0.2) is 10.2 Å². The quantitative estimate of drug-likeness (QED) is 0.455. The van der Waals surface area contributed by atoms with Crippen LogP contribution in [-0.2, 0) is 0 Å². The molecule has 2 aromatic rings. The van der Waals surface area contributed by atoms with Crippen LogP contribution >= 0.6 is 47.6 Å². The molecule has 0 saturated heterocycles. The third-order valence-corrected chi connectivity index (χ3v) is 3.78. The van der Waals surface area contributed by atoms with E-state index in [1.165, 1.54) is 0 Å². The molecule has 0 aliphatic rings. The van der Waals surface area contributed by atoms with Gasteiger partial charge >= 0.3 is 0 Å². The highest BCUT2D eigenvalue weighted by molar-refractivity contribution is 7.81. The largest absolute Gasteiger partial charge is 0.495 e. The first-order chi connectivity index (χ1) is 11.5. The van der Waals surface area contributed by atoms with Crippen molar-refractivity contribution in [2.75, 3.05) is 17.7 Å². The highest BCUT2D eigenvalue weighted by Gasteiger charge is 2.06. The van der Waals surface area contributed by atoms with Crippen LogP contribution in [0, 0.1) is 0 Å². The van der Waals surface area contributed by atoms with Gasteiger partial charge in [-0.05, 0) is 54.8 Å². The van der Waals surface area contributed by atoms with E-state index < -0.39 is 0 Å². The molecule has 24 heavy (non-hydrogen) atoms. The fourth-order valence-corrected chi connectivity index (χ4v) is 2.54. The van der Waals surface area contributed by atoms with Crippen LogP contribution in [0.25, 0.3) is 0 Å². The third-order valence-electron chi connectivity index (χ3n) is 2.82. The van der Waals surface area contributed by atoms with Crippen LogP contribution < -0.4 is 26.2 Å². The van der Waals surface area contributed by atoms with Crippen molar-refractivity contribution >= 4 is 69.2 Å². The molecule has 0 atom stereocenters. The summed E-state index contributed by atoms with van der Waals surface area (Å²) in [6.45, 7) is 0. The van der Waals surface area contributed by atoms with Crippen LogP contribution in [0.2, 0.25) is 10.0 Å². The summed E-state index contributed by atoms with van der Waals surface area (Å²) in [7, 11) is 1.59. The molecule has 0 unspecified atom stereocenters. The number of nitrogens with one attached hydrogen (secondary N) is 4. The summed E-state index contributed by atoms with van der Waals surface area (Å²) in [5.41, 5.74) is 6.90. The van der Waals surface area contributed by atoms with Gasteiger partial charge in [0.1, 0.15) is 5.75 Å². The zero-order chi connectivity index (χ0) is 17.5. The van der Waals surface area contributed by atoms with E-state index in [0.29, 0.717) is 31.7 Å². The van der Waals surface area contributed by atoms with Crippen molar-refractivity contribution in [3.63, 3.8) is 0 Å². The molecule has 0 bridgehead atoms. The summed E-state index contributed by atoms with van der Waals surface area (Å²) >= 11 is 22.3. The van der Waals surface area contributed by atoms with Gasteiger partial charge in [-0.3, -0.25) is 10.9 Å². The standard InChI is InChI=1S/C15H14Cl2N4OS2/c1-22-13-5-3-2-4-12(13)19-15(24)21-20-14(23)18-11-7-6-9(16)8-10(11)17/h2-8H,1H3,(H2,18,20,23)(H2,19,21,24). The molecule has 2 rings (SSSR count). The van der Waals surface area contributed by atoms with Crippen molar-refractivity contribution in [3.05, 3.63) is 52.5 Å². The molecule has 126 valence electrons. The van der Waals surface area contributed by atoms with E-state index >= 15 is 0 Å². The molecule has 0 amide bonds. The maximum absolute atomic E-state index is 6.07. The summed E-state index contributed by atoms with van der Waals surface area (Å²) in [5.74, 6) is 0.676. The Kier molecular flexibility index (Phi) is 6.86. The first kappa shape index (κ1) is 18.5. The number of hydrazine groups is 1. The summed E-state index contributed by atoms with van der Waals surface area (Å²) in [5, 5.41) is 7.56. The number of methoxy groups -OCH3 is 1. The average molecular weight is 401 g/mol. The number of anilines is 2. The van der Waals surface area contributed by atoms with E-state index in [2.05, 4.69) is 21.5 Å². The van der Waals surface area contributed by atoms with Gasteiger partial charge < -0.3 is 15.4 Å². The van der Waals surface area contributed by atoms with Gasteiger partial charge in [0, 0.05) is 5.02 Å². The maximum Gasteiger partial charge on any atom is 0.189 e. The van der Waals surface area contributed by atoms with E-state index in [1.807, 2.05) is 24.3 Å². The third kappa shape index (κ3) is 5.38. The molecule has 4 N–H and O–H groups in total. The molecule has 0 aromatic heterocycles. The lowest BCUT2D eigenvalue weighted by atomic mass is 10.3. The van der Waals surface area contributed by atoms with Crippen LogP contribution in [0.15, 0.2) is 42.5 Å². The number of benzene rings is 2. The monoisotopic (exact) mass is 400 g/mol. The maximum atomic E-state index is 6.07. The lowest BCUT2D eigenvalue weighted by Gasteiger charge is -2.16. The average Bonchev–Trinajstić information content (AvgIpc) is 2.56. The van der Waals surface area contributed by atoms with Gasteiger partial charge in [-0.1, -0.05) is 35.3 Å². The van der Waals surface area contributed by atoms with E-state index in [-0.39, 0.29) is 0 Å². The second kappa shape index (κ2) is 8.89. The molecule has 0 radical (unpaired) electrons. The number of thiocarbonyl (C=S) groups is 2. The molecule has 0 saturated carbocycles. The molecule has 2 aromatic carbocycles. The molecule has 0 fully saturated rings. The normalized spacial score (nSPS) is 9.79. The van der Waals surface area contributed by atoms with E-state index in [1.54, 1.807) is 25.3 Å². The van der Waals surface area contributed by atoms with E-state index in [4.69, 9.17) is 52.4 Å². The van der Waals surface area contributed by atoms with Gasteiger partial charge in [0.2, 0.25) is 0 Å². The van der Waals surface area contributed by atoms with Crippen LogP contribution in [0.5, 0.6) is 5.75 Å². The molecular formula is C15H14Cl2N4OS2. The zero-order valence-corrected chi connectivity index (χ0v) is 15.7. The highest BCUT2D eigenvalue weighted by Crippen LogP contribution is 2.25. The van der Waals surface area contributed by atoms with Crippen LogP contribution in [0.4, 0.5) is 11.4 Å². The minimum absolute atomic E-state index is 0.295. The lowest BCUT2D eigenvalue weighted by molar-refractivity contribution is 0.417. The molecule has 9 heteroatoms. The van der Waals surface area contributed by atoms with Crippen molar-refractivity contribution in [2.45, 2.75) is 0 Å². The van der Waals surface area contributed by atoms with Gasteiger partial charge in [0.25, 0.3) is 0 Å². The van der Waals surface area contributed by atoms with Crippen LogP contribution in [0.3, 0.4) is 0 Å². The van der Waals surface area contributed by atoms with E-state index in [0.717, 1.165) is 5.69 Å². The predicted octanol–water partition coefficient (Wildman–Crippen LogP) is 4.19. The molecule has 0 heterocycles. The Bertz CT molecular complexity index is 758. The lowest BCUT2D eigenvalue weighted by Crippen LogP contribution is -2.45. The summed E-state index contributed by atoms with van der Waals surface area (Å²) < 4.78 is 5.24. The Hall–Kier alpha value is -1.80. The number of para-hydroxylation sites is 2. The summed E-state index contributed by atoms with van der Waals surface area (Å²) in [4.78, 5) is 0. The fraction of sp³-hybridized carbons (Fsp3) is 0.0667. The first-order valence-corrected chi connectivity index (χ1v) is 8.29. The molecule has 5 nitrogen and oxygen atoms in total. The topological polar surface area (TPSA) is 57.4 Å². The Labute approximate surface area is 160 Å². The molecular weight excluding hydrogens is 387 g/mol. The van der Waals surface area contributed by atoms with Crippen molar-refractivity contribution in [2.24, 2.45) is 0 Å². The minimum Gasteiger partial charge on any atom is -0.495 e. The van der Waals surface area contributed by atoms with Gasteiger partial charge in [-0.2, -0.15) is 0 Å². The number of rotatable bonds is 3. The smallest absolute Gasteiger partial charge is 0.189 e. The van der Waals surface area contributed by atoms with Gasteiger partial charge in [0.05, 0.1) is 23.5 Å². The Morgan fingerprint density at radius 3 is 2.17 bits per heavy atom. The zero-order valence-electron chi connectivity index (χ0n) is 12.5. The molecule has 0 aliphatic heterocycles. The SMILES string of the molecule is COc1ccccc1NC(=S)NNC(=S)Nc1ccc(Cl)cc1Cl. The van der Waals surface area contributed by atoms with Crippen LogP contribution in [-0.4, -0.2) is 17.3 Å². The Morgan fingerprint density at radius 2 is 1.54 bits per heavy atom. The number of ether oxygens (including phenoxy) is 1. The van der Waals surface area contributed by atoms with Crippen molar-refractivity contribution < 1.29 is 4.74 Å².